The zero-order valence-corrected chi connectivity index (χ0v) is 11.6. The van der Waals surface area contributed by atoms with Crippen molar-refractivity contribution in [2.45, 2.75) is 26.2 Å². The molecule has 0 aliphatic carbocycles. The Kier molecular flexibility index (Phi) is 5.79. The van der Waals surface area contributed by atoms with E-state index in [1.54, 1.807) is 0 Å². The molecule has 1 aromatic carbocycles. The van der Waals surface area contributed by atoms with Gasteiger partial charge in [0.15, 0.2) is 3.57 Å². The minimum Gasteiger partial charge on any atom is -0.418 e. The zero-order chi connectivity index (χ0) is 13.0. The largest absolute Gasteiger partial charge is 0.673 e. The van der Waals surface area contributed by atoms with Crippen LogP contribution < -0.4 is 22.6 Å². The van der Waals surface area contributed by atoms with Gasteiger partial charge in [0.05, 0.1) is 0 Å². The molecule has 0 aromatic heterocycles. The molecule has 0 nitrogen and oxygen atoms in total. The maximum Gasteiger partial charge on any atom is 0.673 e. The number of halogens is 5. The molecule has 0 unspecified atom stereocenters. The summed E-state index contributed by atoms with van der Waals surface area (Å²) in [7, 11) is -6.00. The molecule has 0 radical (unpaired) electrons. The molecule has 92 valence electrons. The first-order valence-corrected chi connectivity index (χ1v) is 5.81. The maximum absolute atomic E-state index is 9.75. The number of benzene rings is 1. The molecule has 0 bridgehead atoms. The summed E-state index contributed by atoms with van der Waals surface area (Å²) in [5, 5.41) is 0. The number of hydrogen-bond donors (Lipinski definition) is 0. The van der Waals surface area contributed by atoms with E-state index in [0.717, 1.165) is 0 Å². The van der Waals surface area contributed by atoms with E-state index < -0.39 is 7.25 Å². The van der Waals surface area contributed by atoms with Crippen LogP contribution in [0.2, 0.25) is 0 Å². The van der Waals surface area contributed by atoms with Gasteiger partial charge in [-0.3, -0.25) is 0 Å². The molecule has 0 N–H and O–H groups in total. The first kappa shape index (κ1) is 15.7. The van der Waals surface area contributed by atoms with Gasteiger partial charge < -0.3 is 17.3 Å². The Hall–Kier alpha value is -0.265. The molecule has 1 aromatic rings. The molecular weight excluding hydrogens is 334 g/mol. The van der Waals surface area contributed by atoms with E-state index in [1.165, 1.54) is 9.13 Å². The second-order valence-electron chi connectivity index (χ2n) is 4.27. The predicted molar refractivity (Wildman–Crippen MR) is 55.4 cm³/mol. The fourth-order valence-electron chi connectivity index (χ4n) is 0.955. The first-order chi connectivity index (χ1) is 7.00. The van der Waals surface area contributed by atoms with Gasteiger partial charge in [-0.25, -0.2) is 0 Å². The first-order valence-electron chi connectivity index (χ1n) is 4.65. The molecule has 0 heterocycles. The van der Waals surface area contributed by atoms with Gasteiger partial charge in [-0.1, -0.05) is 32.9 Å². The van der Waals surface area contributed by atoms with E-state index >= 15 is 0 Å². The van der Waals surface area contributed by atoms with Crippen molar-refractivity contribution in [3.63, 3.8) is 0 Å². The molecule has 0 spiro atoms. The summed E-state index contributed by atoms with van der Waals surface area (Å²) < 4.78 is 40.3. The van der Waals surface area contributed by atoms with Gasteiger partial charge in [-0.15, -0.1) is 0 Å². The van der Waals surface area contributed by atoms with Crippen LogP contribution in [0.15, 0.2) is 24.3 Å². The smallest absolute Gasteiger partial charge is 0.418 e. The molecule has 0 aliphatic rings. The standard InChI is InChI=1S/C10H14I.BF4/c1-10(2,3)8-4-6-9(11)7-5-8;2-1(3,4)5/h4-7,11H,1-3H3;/q+1;-1. The third kappa shape index (κ3) is 9.00. The van der Waals surface area contributed by atoms with E-state index in [0.29, 0.717) is 0 Å². The van der Waals surface area contributed by atoms with Crippen LogP contribution in [-0.4, -0.2) is 7.25 Å². The van der Waals surface area contributed by atoms with Crippen molar-refractivity contribution in [3.8, 4) is 0 Å². The molecule has 0 saturated heterocycles. The Morgan fingerprint density at radius 1 is 0.938 bits per heavy atom. The van der Waals surface area contributed by atoms with Crippen molar-refractivity contribution in [3.05, 3.63) is 33.4 Å². The van der Waals surface area contributed by atoms with Gasteiger partial charge in [0.2, 0.25) is 0 Å². The average Bonchev–Trinajstić information content (AvgIpc) is 1.99. The molecule has 0 atom stereocenters. The SMILES string of the molecule is CC(C)(C)c1ccc([IH+])cc1.F[B-](F)(F)F. The van der Waals surface area contributed by atoms with Gasteiger partial charge in [-0.05, 0) is 23.1 Å². The summed E-state index contributed by atoms with van der Waals surface area (Å²) >= 11 is 2.05. The number of hydrogen-bond acceptors (Lipinski definition) is 0. The summed E-state index contributed by atoms with van der Waals surface area (Å²) in [4.78, 5) is 0. The van der Waals surface area contributed by atoms with E-state index in [9.17, 15) is 17.3 Å². The van der Waals surface area contributed by atoms with Crippen molar-refractivity contribution < 1.29 is 39.9 Å². The second-order valence-corrected chi connectivity index (χ2v) is 5.61. The van der Waals surface area contributed by atoms with E-state index in [2.05, 4.69) is 45.0 Å². The molecule has 0 saturated carbocycles. The van der Waals surface area contributed by atoms with Gasteiger partial charge >= 0.3 is 7.25 Å². The van der Waals surface area contributed by atoms with Gasteiger partial charge in [0.25, 0.3) is 22.6 Å². The lowest BCUT2D eigenvalue weighted by molar-refractivity contribution is -0.328. The Balaban J connectivity index is 0.000000385. The second kappa shape index (κ2) is 5.88. The van der Waals surface area contributed by atoms with Crippen LogP contribution in [0.4, 0.5) is 17.3 Å². The number of rotatable bonds is 0. The molecule has 6 heteroatoms. The fourth-order valence-corrected chi connectivity index (χ4v) is 1.34. The van der Waals surface area contributed by atoms with Crippen molar-refractivity contribution >= 4 is 7.25 Å². The topological polar surface area (TPSA) is 0 Å². The summed E-state index contributed by atoms with van der Waals surface area (Å²) in [6.45, 7) is 6.70. The highest BCUT2D eigenvalue weighted by atomic mass is 127. The van der Waals surface area contributed by atoms with Crippen LogP contribution in [0, 0.1) is 3.57 Å². The maximum atomic E-state index is 9.75. The summed E-state index contributed by atoms with van der Waals surface area (Å²) in [5.41, 5.74) is 1.69. The highest BCUT2D eigenvalue weighted by Crippen LogP contribution is 2.20. The Bertz CT molecular complexity index is 307. The van der Waals surface area contributed by atoms with Crippen LogP contribution in [-0.2, 0) is 5.41 Å². The van der Waals surface area contributed by atoms with Crippen molar-refractivity contribution in [1.82, 2.24) is 0 Å². The lowest BCUT2D eigenvalue weighted by Crippen LogP contribution is -3.34. The van der Waals surface area contributed by atoms with E-state index in [4.69, 9.17) is 0 Å². The summed E-state index contributed by atoms with van der Waals surface area (Å²) in [5.74, 6) is 0. The Labute approximate surface area is 107 Å². The van der Waals surface area contributed by atoms with E-state index in [1.807, 2.05) is 22.6 Å². The minimum atomic E-state index is -6.00. The molecular formula is C10H14BF4I. The molecule has 16 heavy (non-hydrogen) atoms. The third-order valence-electron chi connectivity index (χ3n) is 1.72. The zero-order valence-electron chi connectivity index (χ0n) is 9.31. The van der Waals surface area contributed by atoms with Crippen LogP contribution in [0.5, 0.6) is 0 Å². The normalized spacial score (nSPS) is 11.8. The van der Waals surface area contributed by atoms with Gasteiger partial charge in [0.1, 0.15) is 0 Å². The molecule has 0 fully saturated rings. The Morgan fingerprint density at radius 3 is 1.50 bits per heavy atom. The van der Waals surface area contributed by atoms with Crippen molar-refractivity contribution in [2.24, 2.45) is 0 Å². The monoisotopic (exact) mass is 348 g/mol. The van der Waals surface area contributed by atoms with Crippen LogP contribution in [0.25, 0.3) is 0 Å². The van der Waals surface area contributed by atoms with Crippen LogP contribution in [0.3, 0.4) is 0 Å². The lowest BCUT2D eigenvalue weighted by atomic mass is 9.87. The summed E-state index contributed by atoms with van der Waals surface area (Å²) in [6, 6.07) is 8.76. The summed E-state index contributed by atoms with van der Waals surface area (Å²) in [6.07, 6.45) is 0. The van der Waals surface area contributed by atoms with Gasteiger partial charge in [0, 0.05) is 0 Å². The van der Waals surface area contributed by atoms with Crippen molar-refractivity contribution in [2.75, 3.05) is 0 Å². The highest BCUT2D eigenvalue weighted by Gasteiger charge is 2.20. The van der Waals surface area contributed by atoms with Crippen molar-refractivity contribution in [1.29, 1.82) is 0 Å². The van der Waals surface area contributed by atoms with Crippen LogP contribution >= 0.6 is 0 Å². The highest BCUT2D eigenvalue weighted by molar-refractivity contribution is 6.50. The molecule has 0 amide bonds. The average molecular weight is 348 g/mol. The van der Waals surface area contributed by atoms with Gasteiger partial charge in [-0.2, -0.15) is 0 Å². The lowest BCUT2D eigenvalue weighted by Gasteiger charge is -2.17. The third-order valence-corrected chi connectivity index (χ3v) is 2.50. The molecule has 0 aliphatic heterocycles. The predicted octanol–water partition coefficient (Wildman–Crippen LogP) is 0.739. The fraction of sp³-hybridized carbons (Fsp3) is 0.400. The quantitative estimate of drug-likeness (QED) is 0.369. The Morgan fingerprint density at radius 2 is 1.25 bits per heavy atom. The molecule has 1 rings (SSSR count). The van der Waals surface area contributed by atoms with Crippen LogP contribution in [0.1, 0.15) is 26.3 Å². The minimum absolute atomic E-state index is 0.287. The van der Waals surface area contributed by atoms with E-state index in [-0.39, 0.29) is 5.41 Å².